The van der Waals surface area contributed by atoms with Gasteiger partial charge in [-0.3, -0.25) is 9.52 Å². The van der Waals surface area contributed by atoms with E-state index < -0.39 is 10.0 Å². The first-order chi connectivity index (χ1) is 11.4. The Hall–Kier alpha value is -2.80. The maximum absolute atomic E-state index is 12.3. The highest BCUT2D eigenvalue weighted by Crippen LogP contribution is 2.20. The number of benzene rings is 2. The number of carbonyl (C=O) groups excluding carboxylic acids is 1. The molecule has 0 aliphatic rings. The second-order valence-electron chi connectivity index (χ2n) is 4.94. The Balaban J connectivity index is 2.10. The molecule has 2 rings (SSSR count). The van der Waals surface area contributed by atoms with Gasteiger partial charge in [-0.25, -0.2) is 8.42 Å². The van der Waals surface area contributed by atoms with Crippen LogP contribution in [0.15, 0.2) is 66.1 Å². The van der Waals surface area contributed by atoms with Crippen LogP contribution in [0.3, 0.4) is 0 Å². The molecular weight excluding hydrogens is 328 g/mol. The quantitative estimate of drug-likeness (QED) is 0.755. The van der Waals surface area contributed by atoms with Gasteiger partial charge in [-0.05, 0) is 48.5 Å². The molecular formula is C17H18N2O4S. The first-order valence-electron chi connectivity index (χ1n) is 7.15. The highest BCUT2D eigenvalue weighted by molar-refractivity contribution is 7.92. The summed E-state index contributed by atoms with van der Waals surface area (Å²) in [5, 5.41) is 2.58. The Morgan fingerprint density at radius 1 is 1.08 bits per heavy atom. The fourth-order valence-corrected chi connectivity index (χ4v) is 2.97. The summed E-state index contributed by atoms with van der Waals surface area (Å²) in [6.07, 6.45) is 1.63. The monoisotopic (exact) mass is 346 g/mol. The Bertz CT molecular complexity index is 813. The van der Waals surface area contributed by atoms with E-state index in [-0.39, 0.29) is 10.8 Å². The minimum Gasteiger partial charge on any atom is -0.490 e. The summed E-state index contributed by atoms with van der Waals surface area (Å²) in [4.78, 5) is 11.1. The highest BCUT2D eigenvalue weighted by Gasteiger charge is 2.14. The summed E-state index contributed by atoms with van der Waals surface area (Å²) in [6.45, 7) is 5.32. The van der Waals surface area contributed by atoms with Crippen LogP contribution in [-0.2, 0) is 14.8 Å². The molecule has 0 heterocycles. The molecule has 0 bridgehead atoms. The summed E-state index contributed by atoms with van der Waals surface area (Å²) in [6, 6.07) is 12.5. The van der Waals surface area contributed by atoms with Gasteiger partial charge in [-0.1, -0.05) is 12.7 Å². The van der Waals surface area contributed by atoms with Crippen LogP contribution < -0.4 is 14.8 Å². The average molecular weight is 346 g/mol. The minimum absolute atomic E-state index is 0.101. The normalized spacial score (nSPS) is 10.7. The molecule has 0 atom stereocenters. The molecule has 0 aliphatic carbocycles. The molecule has 0 saturated heterocycles. The lowest BCUT2D eigenvalue weighted by Crippen LogP contribution is -2.13. The van der Waals surface area contributed by atoms with Crippen molar-refractivity contribution in [1.82, 2.24) is 0 Å². The predicted octanol–water partition coefficient (Wildman–Crippen LogP) is 3.01. The third kappa shape index (κ3) is 4.85. The lowest BCUT2D eigenvalue weighted by Gasteiger charge is -2.10. The van der Waals surface area contributed by atoms with Crippen molar-refractivity contribution in [1.29, 1.82) is 0 Å². The summed E-state index contributed by atoms with van der Waals surface area (Å²) >= 11 is 0. The Labute approximate surface area is 141 Å². The van der Waals surface area contributed by atoms with Gasteiger partial charge in [0.25, 0.3) is 10.0 Å². The van der Waals surface area contributed by atoms with Crippen molar-refractivity contribution in [2.75, 3.05) is 16.6 Å². The molecule has 7 heteroatoms. The summed E-state index contributed by atoms with van der Waals surface area (Å²) in [5.74, 6) is 0.403. The Morgan fingerprint density at radius 3 is 2.21 bits per heavy atom. The number of carbonyl (C=O) groups is 1. The Kier molecular flexibility index (Phi) is 5.59. The maximum Gasteiger partial charge on any atom is 0.261 e. The molecule has 0 radical (unpaired) electrons. The number of hydrogen-bond donors (Lipinski definition) is 2. The van der Waals surface area contributed by atoms with E-state index in [1.165, 1.54) is 31.2 Å². The van der Waals surface area contributed by atoms with Crippen LogP contribution >= 0.6 is 0 Å². The lowest BCUT2D eigenvalue weighted by molar-refractivity contribution is -0.114. The van der Waals surface area contributed by atoms with Crippen LogP contribution in [0.1, 0.15) is 6.92 Å². The molecule has 0 spiro atoms. The van der Waals surface area contributed by atoms with E-state index in [4.69, 9.17) is 4.74 Å². The van der Waals surface area contributed by atoms with E-state index in [0.29, 0.717) is 23.7 Å². The average Bonchev–Trinajstić information content (AvgIpc) is 2.54. The number of amides is 1. The first kappa shape index (κ1) is 17.6. The van der Waals surface area contributed by atoms with Crippen LogP contribution in [0.4, 0.5) is 11.4 Å². The second-order valence-corrected chi connectivity index (χ2v) is 6.62. The fourth-order valence-electron chi connectivity index (χ4n) is 1.91. The van der Waals surface area contributed by atoms with Crippen molar-refractivity contribution in [3.63, 3.8) is 0 Å². The zero-order valence-corrected chi connectivity index (χ0v) is 14.0. The molecule has 6 nitrogen and oxygen atoms in total. The van der Waals surface area contributed by atoms with E-state index >= 15 is 0 Å². The van der Waals surface area contributed by atoms with Gasteiger partial charge in [-0.2, -0.15) is 0 Å². The molecule has 126 valence electrons. The van der Waals surface area contributed by atoms with Crippen LogP contribution in [0.25, 0.3) is 0 Å². The van der Waals surface area contributed by atoms with Gasteiger partial charge in [-0.15, -0.1) is 0 Å². The van der Waals surface area contributed by atoms with Gasteiger partial charge in [0.2, 0.25) is 5.91 Å². The van der Waals surface area contributed by atoms with E-state index in [1.807, 2.05) is 0 Å². The van der Waals surface area contributed by atoms with Crippen LogP contribution in [0, 0.1) is 0 Å². The summed E-state index contributed by atoms with van der Waals surface area (Å²) in [5.41, 5.74) is 0.956. The number of rotatable bonds is 7. The second kappa shape index (κ2) is 7.65. The van der Waals surface area contributed by atoms with Crippen molar-refractivity contribution < 1.29 is 17.9 Å². The molecule has 0 unspecified atom stereocenters. The molecule has 0 fully saturated rings. The number of anilines is 2. The fraction of sp³-hybridized carbons (Fsp3) is 0.118. The lowest BCUT2D eigenvalue weighted by atomic mass is 10.3. The van der Waals surface area contributed by atoms with E-state index in [9.17, 15) is 13.2 Å². The van der Waals surface area contributed by atoms with E-state index in [0.717, 1.165) is 0 Å². The van der Waals surface area contributed by atoms with Gasteiger partial charge >= 0.3 is 0 Å². The minimum atomic E-state index is -3.71. The van der Waals surface area contributed by atoms with Gasteiger partial charge in [0, 0.05) is 18.3 Å². The van der Waals surface area contributed by atoms with Gasteiger partial charge in [0.05, 0.1) is 4.90 Å². The van der Waals surface area contributed by atoms with Crippen LogP contribution in [0.5, 0.6) is 5.75 Å². The van der Waals surface area contributed by atoms with Gasteiger partial charge in [0.1, 0.15) is 12.4 Å². The SMILES string of the molecule is C=CCOc1ccc(NS(=O)(=O)c2ccc(NC(C)=O)cc2)cc1. The topological polar surface area (TPSA) is 84.5 Å². The van der Waals surface area contributed by atoms with E-state index in [2.05, 4.69) is 16.6 Å². The molecule has 0 aliphatic heterocycles. The van der Waals surface area contributed by atoms with Crippen LogP contribution in [0.2, 0.25) is 0 Å². The third-order valence-corrected chi connectivity index (χ3v) is 4.36. The van der Waals surface area contributed by atoms with Crippen molar-refractivity contribution in [2.24, 2.45) is 0 Å². The van der Waals surface area contributed by atoms with E-state index in [1.54, 1.807) is 30.3 Å². The molecule has 2 N–H and O–H groups in total. The summed E-state index contributed by atoms with van der Waals surface area (Å²) in [7, 11) is -3.71. The first-order valence-corrected chi connectivity index (χ1v) is 8.63. The van der Waals surface area contributed by atoms with Crippen molar-refractivity contribution in [2.45, 2.75) is 11.8 Å². The maximum atomic E-state index is 12.3. The number of nitrogens with one attached hydrogen (secondary N) is 2. The van der Waals surface area contributed by atoms with Gasteiger partial charge < -0.3 is 10.1 Å². The standard InChI is InChI=1S/C17H18N2O4S/c1-3-12-23-16-8-4-15(5-9-16)19-24(21,22)17-10-6-14(7-11-17)18-13(2)20/h3-11,19H,1,12H2,2H3,(H,18,20). The third-order valence-electron chi connectivity index (χ3n) is 2.96. The van der Waals surface area contributed by atoms with Crippen LogP contribution in [-0.4, -0.2) is 20.9 Å². The van der Waals surface area contributed by atoms with Gasteiger partial charge in [0.15, 0.2) is 0 Å². The summed E-state index contributed by atoms with van der Waals surface area (Å²) < 4.78 is 32.5. The Morgan fingerprint density at radius 2 is 1.67 bits per heavy atom. The smallest absolute Gasteiger partial charge is 0.261 e. The number of hydrogen-bond acceptors (Lipinski definition) is 4. The molecule has 0 saturated carbocycles. The molecule has 2 aromatic rings. The number of ether oxygens (including phenoxy) is 1. The number of sulfonamides is 1. The predicted molar refractivity (Wildman–Crippen MR) is 93.7 cm³/mol. The molecule has 2 aromatic carbocycles. The van der Waals surface area contributed by atoms with Crippen molar-refractivity contribution in [3.05, 3.63) is 61.2 Å². The zero-order chi connectivity index (χ0) is 17.6. The molecule has 24 heavy (non-hydrogen) atoms. The van der Waals surface area contributed by atoms with Crippen molar-refractivity contribution in [3.8, 4) is 5.75 Å². The molecule has 0 aromatic heterocycles. The molecule has 1 amide bonds. The highest BCUT2D eigenvalue weighted by atomic mass is 32.2. The largest absolute Gasteiger partial charge is 0.490 e. The zero-order valence-electron chi connectivity index (χ0n) is 13.2. The van der Waals surface area contributed by atoms with Crippen molar-refractivity contribution >= 4 is 27.3 Å².